The van der Waals surface area contributed by atoms with Crippen molar-refractivity contribution in [1.82, 2.24) is 0 Å². The minimum absolute atomic E-state index is 0.582. The van der Waals surface area contributed by atoms with Gasteiger partial charge in [0.2, 0.25) is 0 Å². The van der Waals surface area contributed by atoms with Gasteiger partial charge in [-0.15, -0.1) is 11.8 Å². The zero-order valence-corrected chi connectivity index (χ0v) is 12.4. The van der Waals surface area contributed by atoms with Crippen LogP contribution in [-0.2, 0) is 4.74 Å². The van der Waals surface area contributed by atoms with Gasteiger partial charge in [0.25, 0.3) is 0 Å². The highest BCUT2D eigenvalue weighted by molar-refractivity contribution is 7.99. The molecule has 0 N–H and O–H groups in total. The lowest BCUT2D eigenvalue weighted by molar-refractivity contribution is 0.161. The summed E-state index contributed by atoms with van der Waals surface area (Å²) >= 11 is 1.74. The fourth-order valence-electron chi connectivity index (χ4n) is 2.59. The third-order valence-electron chi connectivity index (χ3n) is 3.44. The van der Waals surface area contributed by atoms with Gasteiger partial charge in [0, 0.05) is 31.0 Å². The Labute approximate surface area is 119 Å². The summed E-state index contributed by atoms with van der Waals surface area (Å²) in [6.45, 7) is 4.93. The predicted molar refractivity (Wildman–Crippen MR) is 79.8 cm³/mol. The molecule has 1 aromatic rings. The van der Waals surface area contributed by atoms with E-state index in [1.54, 1.807) is 18.9 Å². The lowest BCUT2D eigenvalue weighted by Crippen LogP contribution is -2.22. The van der Waals surface area contributed by atoms with Crippen LogP contribution < -0.4 is 4.90 Å². The molecule has 0 radical (unpaired) electrons. The van der Waals surface area contributed by atoms with Crippen LogP contribution in [0.1, 0.15) is 18.9 Å². The molecule has 4 heteroatoms. The molecule has 1 saturated heterocycles. The van der Waals surface area contributed by atoms with Gasteiger partial charge in [-0.1, -0.05) is 13.0 Å². The number of rotatable bonds is 5. The second-order valence-electron chi connectivity index (χ2n) is 4.75. The number of hydrogen-bond acceptors (Lipinski definition) is 4. The Balaban J connectivity index is 2.21. The minimum Gasteiger partial charge on any atom is -0.384 e. The second-order valence-corrected chi connectivity index (χ2v) is 6.06. The Kier molecular flexibility index (Phi) is 5.12. The highest BCUT2D eigenvalue weighted by Crippen LogP contribution is 2.33. The van der Waals surface area contributed by atoms with Crippen LogP contribution >= 0.6 is 11.8 Å². The van der Waals surface area contributed by atoms with Crippen LogP contribution in [0.5, 0.6) is 0 Å². The van der Waals surface area contributed by atoms with Gasteiger partial charge in [0.1, 0.15) is 6.07 Å². The van der Waals surface area contributed by atoms with E-state index >= 15 is 0 Å². The first-order chi connectivity index (χ1) is 9.30. The van der Waals surface area contributed by atoms with Crippen LogP contribution in [0.3, 0.4) is 0 Å². The first-order valence-electron chi connectivity index (χ1n) is 6.70. The maximum absolute atomic E-state index is 9.44. The van der Waals surface area contributed by atoms with Crippen LogP contribution in [0, 0.1) is 17.2 Å². The van der Waals surface area contributed by atoms with Crippen LogP contribution in [0.25, 0.3) is 0 Å². The summed E-state index contributed by atoms with van der Waals surface area (Å²) in [5, 5.41) is 9.44. The van der Waals surface area contributed by atoms with Gasteiger partial charge in [0.05, 0.1) is 17.9 Å². The fourth-order valence-corrected chi connectivity index (χ4v) is 3.37. The first kappa shape index (κ1) is 14.2. The van der Waals surface area contributed by atoms with Crippen LogP contribution in [0.2, 0.25) is 0 Å². The highest BCUT2D eigenvalue weighted by Gasteiger charge is 2.24. The molecule has 1 atom stereocenters. The maximum atomic E-state index is 9.44. The van der Waals surface area contributed by atoms with Crippen molar-refractivity contribution in [2.75, 3.05) is 37.5 Å². The smallest absolute Gasteiger partial charge is 0.103 e. The number of hydrogen-bond donors (Lipinski definition) is 0. The molecular weight excluding hydrogens is 256 g/mol. The van der Waals surface area contributed by atoms with Crippen molar-refractivity contribution >= 4 is 17.4 Å². The van der Waals surface area contributed by atoms with Gasteiger partial charge < -0.3 is 9.64 Å². The normalized spacial score (nSPS) is 18.6. The number of anilines is 1. The van der Waals surface area contributed by atoms with E-state index in [1.807, 2.05) is 6.07 Å². The van der Waals surface area contributed by atoms with E-state index in [1.165, 1.54) is 0 Å². The molecule has 1 heterocycles. The number of benzene rings is 1. The zero-order valence-electron chi connectivity index (χ0n) is 11.6. The van der Waals surface area contributed by atoms with Gasteiger partial charge in [-0.25, -0.2) is 0 Å². The molecule has 102 valence electrons. The summed E-state index contributed by atoms with van der Waals surface area (Å²) in [7, 11) is 1.75. The number of thioether (sulfide) groups is 1. The third kappa shape index (κ3) is 3.23. The summed E-state index contributed by atoms with van der Waals surface area (Å²) in [6, 6.07) is 8.54. The van der Waals surface area contributed by atoms with Crippen molar-refractivity contribution in [1.29, 1.82) is 5.26 Å². The van der Waals surface area contributed by atoms with E-state index in [4.69, 9.17) is 4.74 Å². The Bertz CT molecular complexity index is 470. The maximum Gasteiger partial charge on any atom is 0.103 e. The van der Waals surface area contributed by atoms with Crippen molar-refractivity contribution < 1.29 is 4.74 Å². The molecule has 0 aromatic heterocycles. The Morgan fingerprint density at radius 3 is 3.05 bits per heavy atom. The number of nitriles is 1. The number of nitrogens with zero attached hydrogens (tertiary/aromatic N) is 2. The van der Waals surface area contributed by atoms with Crippen LogP contribution in [0.15, 0.2) is 23.1 Å². The molecular formula is C15H20N2OS. The average molecular weight is 276 g/mol. The minimum atomic E-state index is 0.582. The molecule has 0 saturated carbocycles. The lowest BCUT2D eigenvalue weighted by Gasteiger charge is -2.21. The van der Waals surface area contributed by atoms with Gasteiger partial charge in [-0.05, 0) is 24.3 Å². The fraction of sp³-hybridized carbons (Fsp3) is 0.533. The highest BCUT2D eigenvalue weighted by atomic mass is 32.2. The molecule has 3 nitrogen and oxygen atoms in total. The molecule has 1 fully saturated rings. The molecule has 1 unspecified atom stereocenters. The van der Waals surface area contributed by atoms with E-state index in [-0.39, 0.29) is 0 Å². The second kappa shape index (κ2) is 6.83. The van der Waals surface area contributed by atoms with Crippen molar-refractivity contribution in [3.63, 3.8) is 0 Å². The quantitative estimate of drug-likeness (QED) is 0.774. The van der Waals surface area contributed by atoms with Gasteiger partial charge in [-0.3, -0.25) is 0 Å². The predicted octanol–water partition coefficient (Wildman–Crippen LogP) is 3.14. The molecule has 2 rings (SSSR count). The van der Waals surface area contributed by atoms with Gasteiger partial charge in [0.15, 0.2) is 0 Å². The number of methoxy groups -OCH3 is 1. The van der Waals surface area contributed by atoms with E-state index in [0.29, 0.717) is 5.92 Å². The van der Waals surface area contributed by atoms with E-state index in [9.17, 15) is 5.26 Å². The molecule has 1 aromatic carbocycles. The SMILES string of the molecule is CCSc1cccc(N2CCC(COC)C2)c1C#N. The first-order valence-corrected chi connectivity index (χ1v) is 7.68. The molecule has 1 aliphatic heterocycles. The number of ether oxygens (including phenoxy) is 1. The molecule has 0 bridgehead atoms. The monoisotopic (exact) mass is 276 g/mol. The molecule has 19 heavy (non-hydrogen) atoms. The van der Waals surface area contributed by atoms with E-state index in [2.05, 4.69) is 30.0 Å². The summed E-state index contributed by atoms with van der Waals surface area (Å²) in [4.78, 5) is 3.42. The van der Waals surface area contributed by atoms with Gasteiger partial charge >= 0.3 is 0 Å². The summed E-state index contributed by atoms with van der Waals surface area (Å²) in [6.07, 6.45) is 1.14. The van der Waals surface area contributed by atoms with Crippen LogP contribution in [-0.4, -0.2) is 32.6 Å². The zero-order chi connectivity index (χ0) is 13.7. The Morgan fingerprint density at radius 1 is 1.53 bits per heavy atom. The third-order valence-corrected chi connectivity index (χ3v) is 4.38. The van der Waals surface area contributed by atoms with Gasteiger partial charge in [-0.2, -0.15) is 5.26 Å². The molecule has 0 amide bonds. The summed E-state index contributed by atoms with van der Waals surface area (Å²) in [5.74, 6) is 1.57. The van der Waals surface area contributed by atoms with Crippen molar-refractivity contribution in [3.05, 3.63) is 23.8 Å². The Hall–Kier alpha value is -1.18. The molecule has 1 aliphatic rings. The average Bonchev–Trinajstić information content (AvgIpc) is 2.88. The van der Waals surface area contributed by atoms with Crippen molar-refractivity contribution in [2.45, 2.75) is 18.2 Å². The molecule has 0 spiro atoms. The van der Waals surface area contributed by atoms with Crippen molar-refractivity contribution in [2.24, 2.45) is 5.92 Å². The van der Waals surface area contributed by atoms with Crippen molar-refractivity contribution in [3.8, 4) is 6.07 Å². The summed E-state index contributed by atoms with van der Waals surface area (Å²) in [5.41, 5.74) is 1.91. The van der Waals surface area contributed by atoms with E-state index < -0.39 is 0 Å². The topological polar surface area (TPSA) is 36.3 Å². The summed E-state index contributed by atoms with van der Waals surface area (Å²) < 4.78 is 5.23. The molecule has 0 aliphatic carbocycles. The largest absolute Gasteiger partial charge is 0.384 e. The standard InChI is InChI=1S/C15H20N2OS/c1-3-19-15-6-4-5-14(13(15)9-16)17-8-7-12(10-17)11-18-2/h4-6,12H,3,7-8,10-11H2,1-2H3. The Morgan fingerprint density at radius 2 is 2.37 bits per heavy atom. The van der Waals surface area contributed by atoms with E-state index in [0.717, 1.165) is 48.0 Å². The lowest BCUT2D eigenvalue weighted by atomic mass is 10.1. The van der Waals surface area contributed by atoms with Crippen LogP contribution in [0.4, 0.5) is 5.69 Å².